The maximum absolute atomic E-state index is 12.1. The molecule has 134 valence electrons. The Morgan fingerprint density at radius 1 is 1.36 bits per heavy atom. The minimum absolute atomic E-state index is 0.218. The van der Waals surface area contributed by atoms with Crippen LogP contribution in [-0.2, 0) is 4.79 Å². The molecule has 3 amide bonds. The lowest BCUT2D eigenvalue weighted by Crippen LogP contribution is -2.46. The van der Waals surface area contributed by atoms with Gasteiger partial charge in [0.15, 0.2) is 0 Å². The number of tetrazole rings is 1. The first-order valence-corrected chi connectivity index (χ1v) is 9.05. The van der Waals surface area contributed by atoms with Crippen LogP contribution in [0.25, 0.3) is 5.69 Å². The molecule has 0 aliphatic carbocycles. The molecule has 0 bridgehead atoms. The quantitative estimate of drug-likeness (QED) is 0.641. The van der Waals surface area contributed by atoms with Gasteiger partial charge in [0.25, 0.3) is 0 Å². The van der Waals surface area contributed by atoms with Gasteiger partial charge in [0.05, 0.1) is 5.69 Å². The van der Waals surface area contributed by atoms with Gasteiger partial charge in [-0.05, 0) is 48.2 Å². The van der Waals surface area contributed by atoms with Crippen molar-refractivity contribution in [1.82, 2.24) is 30.8 Å². The van der Waals surface area contributed by atoms with Gasteiger partial charge in [-0.25, -0.2) is 4.79 Å². The number of benzene rings is 1. The van der Waals surface area contributed by atoms with Crippen LogP contribution in [0.5, 0.6) is 0 Å². The van der Waals surface area contributed by atoms with Gasteiger partial charge in [-0.15, -0.1) is 5.10 Å². The highest BCUT2D eigenvalue weighted by Crippen LogP contribution is 2.18. The molecule has 9 nitrogen and oxygen atoms in total. The van der Waals surface area contributed by atoms with Gasteiger partial charge in [-0.1, -0.05) is 24.8 Å². The van der Waals surface area contributed by atoms with Gasteiger partial charge >= 0.3 is 6.03 Å². The number of rotatable bonds is 7. The van der Waals surface area contributed by atoms with E-state index in [0.29, 0.717) is 17.4 Å². The van der Waals surface area contributed by atoms with Gasteiger partial charge in [-0.2, -0.15) is 4.68 Å². The van der Waals surface area contributed by atoms with Crippen molar-refractivity contribution < 1.29 is 9.59 Å². The molecule has 10 heteroatoms. The lowest BCUT2D eigenvalue weighted by atomic mass is 10.2. The Hall–Kier alpha value is -2.62. The molecule has 1 aromatic heterocycles. The topological polar surface area (TPSA) is 114 Å². The van der Waals surface area contributed by atoms with Crippen LogP contribution in [0.4, 0.5) is 10.5 Å². The number of carbonyl (C=O) groups is 2. The number of anilines is 1. The fraction of sp³-hybridized carbons (Fsp3) is 0.400. The van der Waals surface area contributed by atoms with E-state index in [4.69, 9.17) is 0 Å². The van der Waals surface area contributed by atoms with Crippen molar-refractivity contribution in [3.8, 4) is 5.69 Å². The van der Waals surface area contributed by atoms with Crippen LogP contribution in [-0.4, -0.2) is 51.0 Å². The number of aromatic nitrogens is 4. The van der Waals surface area contributed by atoms with Crippen LogP contribution in [0.15, 0.2) is 29.4 Å². The predicted octanol–water partition coefficient (Wildman–Crippen LogP) is 1.42. The summed E-state index contributed by atoms with van der Waals surface area (Å²) >= 11 is 1.42. The number of thioether (sulfide) groups is 1. The molecule has 0 fully saturated rings. The lowest BCUT2D eigenvalue weighted by molar-refractivity contribution is -0.122. The number of carbonyl (C=O) groups excluding carboxylic acids is 2. The van der Waals surface area contributed by atoms with Crippen LogP contribution in [0.2, 0.25) is 0 Å². The highest BCUT2D eigenvalue weighted by molar-refractivity contribution is 7.98. The molecule has 25 heavy (non-hydrogen) atoms. The number of nitrogens with one attached hydrogen (secondary N) is 3. The monoisotopic (exact) mass is 363 g/mol. The molecule has 3 N–H and O–H groups in total. The molecule has 0 aliphatic heterocycles. The smallest absolute Gasteiger partial charge is 0.319 e. The van der Waals surface area contributed by atoms with E-state index < -0.39 is 12.1 Å². The van der Waals surface area contributed by atoms with Crippen molar-refractivity contribution in [3.05, 3.63) is 24.3 Å². The fourth-order valence-electron chi connectivity index (χ4n) is 2.01. The van der Waals surface area contributed by atoms with Crippen molar-refractivity contribution in [1.29, 1.82) is 0 Å². The Bertz CT molecular complexity index is 734. The number of urea groups is 1. The van der Waals surface area contributed by atoms with Gasteiger partial charge in [0.1, 0.15) is 6.04 Å². The third-order valence-corrected chi connectivity index (χ3v) is 3.88. The molecule has 0 spiro atoms. The van der Waals surface area contributed by atoms with Crippen LogP contribution in [0, 0.1) is 0 Å². The van der Waals surface area contributed by atoms with Gasteiger partial charge in [-0.3, -0.25) is 4.79 Å². The zero-order valence-corrected chi connectivity index (χ0v) is 15.1. The first-order valence-electron chi connectivity index (χ1n) is 7.83. The van der Waals surface area contributed by atoms with E-state index in [1.54, 1.807) is 29.8 Å². The summed E-state index contributed by atoms with van der Waals surface area (Å²) in [5, 5.41) is 20.2. The second-order valence-electron chi connectivity index (χ2n) is 5.24. The molecule has 0 radical (unpaired) electrons. The molecule has 0 saturated carbocycles. The second-order valence-corrected chi connectivity index (χ2v) is 6.01. The molecule has 1 aromatic carbocycles. The highest BCUT2D eigenvalue weighted by Gasteiger charge is 2.15. The van der Waals surface area contributed by atoms with E-state index in [1.165, 1.54) is 11.8 Å². The fourth-order valence-corrected chi connectivity index (χ4v) is 2.45. The summed E-state index contributed by atoms with van der Waals surface area (Å²) in [6, 6.07) is 6.02. The predicted molar refractivity (Wildman–Crippen MR) is 95.9 cm³/mol. The highest BCUT2D eigenvalue weighted by atomic mass is 32.2. The minimum atomic E-state index is -0.627. The molecule has 1 atom stereocenters. The van der Waals surface area contributed by atoms with Crippen molar-refractivity contribution in [2.24, 2.45) is 0 Å². The number of hydrogen-bond acceptors (Lipinski definition) is 6. The maximum Gasteiger partial charge on any atom is 0.319 e. The second kappa shape index (κ2) is 9.02. The van der Waals surface area contributed by atoms with Crippen LogP contribution in [0.3, 0.4) is 0 Å². The average Bonchev–Trinajstić information content (AvgIpc) is 3.08. The summed E-state index contributed by atoms with van der Waals surface area (Å²) in [7, 11) is 0. The molecular formula is C15H21N7O2S. The molecule has 1 unspecified atom stereocenters. The third-order valence-electron chi connectivity index (χ3n) is 3.26. The van der Waals surface area contributed by atoms with Gasteiger partial charge < -0.3 is 16.0 Å². The average molecular weight is 363 g/mol. The van der Waals surface area contributed by atoms with Crippen molar-refractivity contribution in [2.75, 3.05) is 18.1 Å². The van der Waals surface area contributed by atoms with Crippen LogP contribution in [0.1, 0.15) is 20.3 Å². The van der Waals surface area contributed by atoms with Crippen molar-refractivity contribution in [2.45, 2.75) is 31.5 Å². The molecule has 1 heterocycles. The standard InChI is InChI=1S/C15H21N7O2S/c1-4-8-16-13(23)10(2)17-14(24)18-11-6-5-7-12(9-11)22-15(25-3)19-20-21-22/h5-7,9-10H,4,8H2,1-3H3,(H,16,23)(H2,17,18,24). The maximum atomic E-state index is 12.1. The summed E-state index contributed by atoms with van der Waals surface area (Å²) in [5.74, 6) is -0.218. The Labute approximate surface area is 149 Å². The summed E-state index contributed by atoms with van der Waals surface area (Å²) in [6.07, 6.45) is 2.72. The minimum Gasteiger partial charge on any atom is -0.354 e. The Kier molecular flexibility index (Phi) is 6.75. The van der Waals surface area contributed by atoms with Gasteiger partial charge in [0, 0.05) is 12.2 Å². The van der Waals surface area contributed by atoms with Crippen LogP contribution < -0.4 is 16.0 Å². The summed E-state index contributed by atoms with van der Waals surface area (Å²) < 4.78 is 1.58. The van der Waals surface area contributed by atoms with E-state index >= 15 is 0 Å². The lowest BCUT2D eigenvalue weighted by Gasteiger charge is -2.15. The van der Waals surface area contributed by atoms with Crippen molar-refractivity contribution in [3.63, 3.8) is 0 Å². The molecule has 0 aliphatic rings. The molecular weight excluding hydrogens is 342 g/mol. The SMILES string of the molecule is CCCNC(=O)C(C)NC(=O)Nc1cccc(-n2nnnc2SC)c1. The van der Waals surface area contributed by atoms with E-state index in [-0.39, 0.29) is 5.91 Å². The summed E-state index contributed by atoms with van der Waals surface area (Å²) in [5.41, 5.74) is 1.29. The zero-order chi connectivity index (χ0) is 18.2. The first-order chi connectivity index (χ1) is 12.0. The van der Waals surface area contributed by atoms with E-state index in [2.05, 4.69) is 31.5 Å². The normalized spacial score (nSPS) is 11.6. The summed E-state index contributed by atoms with van der Waals surface area (Å²) in [6.45, 7) is 4.18. The third kappa shape index (κ3) is 5.18. The van der Waals surface area contributed by atoms with Crippen molar-refractivity contribution >= 4 is 29.4 Å². The Morgan fingerprint density at radius 2 is 2.16 bits per heavy atom. The molecule has 0 saturated heterocycles. The van der Waals surface area contributed by atoms with E-state index in [1.807, 2.05) is 19.2 Å². The number of amides is 3. The number of nitrogens with zero attached hydrogens (tertiary/aromatic N) is 4. The van der Waals surface area contributed by atoms with Gasteiger partial charge in [0.2, 0.25) is 11.1 Å². The Morgan fingerprint density at radius 3 is 2.88 bits per heavy atom. The first kappa shape index (κ1) is 18.7. The zero-order valence-electron chi connectivity index (χ0n) is 14.3. The van der Waals surface area contributed by atoms with E-state index in [9.17, 15) is 9.59 Å². The molecule has 2 aromatic rings. The Balaban J connectivity index is 2.00. The number of hydrogen-bond donors (Lipinski definition) is 3. The molecule has 2 rings (SSSR count). The van der Waals surface area contributed by atoms with E-state index in [0.717, 1.165) is 12.1 Å². The largest absolute Gasteiger partial charge is 0.354 e. The summed E-state index contributed by atoms with van der Waals surface area (Å²) in [4.78, 5) is 23.9. The van der Waals surface area contributed by atoms with Crippen LogP contribution >= 0.6 is 11.8 Å².